The van der Waals surface area contributed by atoms with Crippen LogP contribution in [0.3, 0.4) is 0 Å². The van der Waals surface area contributed by atoms with Gasteiger partial charge in [-0.2, -0.15) is 0 Å². The van der Waals surface area contributed by atoms with E-state index in [0.717, 1.165) is 0 Å². The van der Waals surface area contributed by atoms with Gasteiger partial charge in [-0.3, -0.25) is 14.9 Å². The zero-order chi connectivity index (χ0) is 17.1. The van der Waals surface area contributed by atoms with Gasteiger partial charge in [-0.1, -0.05) is 29.4 Å². The van der Waals surface area contributed by atoms with Gasteiger partial charge in [0.25, 0.3) is 5.69 Å². The number of imidazole rings is 1. The zero-order valence-electron chi connectivity index (χ0n) is 12.0. The molecule has 3 rings (SSSR count). The van der Waals surface area contributed by atoms with Crippen LogP contribution >= 0.6 is 23.4 Å². The van der Waals surface area contributed by atoms with Crippen molar-refractivity contribution >= 4 is 51.8 Å². The molecule has 0 aliphatic rings. The first-order valence-electron chi connectivity index (χ1n) is 6.69. The number of amides is 1. The van der Waals surface area contributed by atoms with E-state index < -0.39 is 4.92 Å². The molecule has 10 heteroatoms. The molecular formula is C14H10ClN5O3S. The minimum Gasteiger partial charge on any atom is -0.331 e. The molecular weight excluding hydrogens is 354 g/mol. The number of carbonyl (C=O) groups is 1. The molecule has 0 spiro atoms. The van der Waals surface area contributed by atoms with E-state index in [1.165, 1.54) is 36.2 Å². The summed E-state index contributed by atoms with van der Waals surface area (Å²) in [5.74, 6) is -0.206. The number of nitrogens with zero attached hydrogens (tertiary/aromatic N) is 3. The number of fused-ring (bicyclic) bond motifs is 1. The summed E-state index contributed by atoms with van der Waals surface area (Å²) in [7, 11) is 0. The molecule has 0 aliphatic heterocycles. The van der Waals surface area contributed by atoms with Gasteiger partial charge in [0.1, 0.15) is 0 Å². The molecule has 1 aromatic carbocycles. The van der Waals surface area contributed by atoms with Crippen LogP contribution in [-0.2, 0) is 4.79 Å². The second kappa shape index (κ2) is 6.85. The number of hydrogen-bond donors (Lipinski definition) is 2. The predicted molar refractivity (Wildman–Crippen MR) is 91.3 cm³/mol. The number of carbonyl (C=O) groups excluding carboxylic acids is 1. The fraction of sp³-hybridized carbons (Fsp3) is 0.0714. The second-order valence-electron chi connectivity index (χ2n) is 4.71. The highest BCUT2D eigenvalue weighted by atomic mass is 35.5. The molecule has 24 heavy (non-hydrogen) atoms. The van der Waals surface area contributed by atoms with Crippen molar-refractivity contribution < 1.29 is 9.72 Å². The number of nitrogens with one attached hydrogen (secondary N) is 2. The summed E-state index contributed by atoms with van der Waals surface area (Å²) in [6.07, 6.45) is 1.49. The molecule has 1 amide bonds. The SMILES string of the molecule is O=C(CSc1nc2ncc(Cl)cc2[nH]1)Nc1cccc([N+](=O)[O-])c1. The van der Waals surface area contributed by atoms with Crippen molar-refractivity contribution in [2.24, 2.45) is 0 Å². The van der Waals surface area contributed by atoms with E-state index in [1.807, 2.05) is 0 Å². The lowest BCUT2D eigenvalue weighted by Gasteiger charge is -2.03. The fourth-order valence-corrected chi connectivity index (χ4v) is 2.78. The third-order valence-electron chi connectivity index (χ3n) is 2.96. The summed E-state index contributed by atoms with van der Waals surface area (Å²) in [4.78, 5) is 33.5. The first-order valence-corrected chi connectivity index (χ1v) is 8.06. The normalized spacial score (nSPS) is 10.7. The van der Waals surface area contributed by atoms with E-state index in [9.17, 15) is 14.9 Å². The summed E-state index contributed by atoms with van der Waals surface area (Å²) >= 11 is 7.05. The van der Waals surface area contributed by atoms with Gasteiger partial charge in [-0.05, 0) is 12.1 Å². The maximum absolute atomic E-state index is 12.0. The number of nitro benzene ring substituents is 1. The van der Waals surface area contributed by atoms with Gasteiger partial charge in [-0.25, -0.2) is 9.97 Å². The number of H-pyrrole nitrogens is 1. The van der Waals surface area contributed by atoms with Crippen LogP contribution in [0.4, 0.5) is 11.4 Å². The largest absolute Gasteiger partial charge is 0.331 e. The van der Waals surface area contributed by atoms with Gasteiger partial charge in [0.05, 0.1) is 21.2 Å². The van der Waals surface area contributed by atoms with Gasteiger partial charge < -0.3 is 10.3 Å². The number of anilines is 1. The molecule has 0 saturated heterocycles. The number of hydrogen-bond acceptors (Lipinski definition) is 6. The fourth-order valence-electron chi connectivity index (χ4n) is 1.95. The molecule has 0 aliphatic carbocycles. The van der Waals surface area contributed by atoms with E-state index in [2.05, 4.69) is 20.3 Å². The first kappa shape index (κ1) is 16.2. The summed E-state index contributed by atoms with van der Waals surface area (Å²) in [6.45, 7) is 0. The summed E-state index contributed by atoms with van der Waals surface area (Å²) in [5, 5.41) is 14.4. The molecule has 0 saturated carbocycles. The van der Waals surface area contributed by atoms with Gasteiger partial charge >= 0.3 is 0 Å². The number of pyridine rings is 1. The van der Waals surface area contributed by atoms with Crippen molar-refractivity contribution in [1.82, 2.24) is 15.0 Å². The lowest BCUT2D eigenvalue weighted by molar-refractivity contribution is -0.384. The van der Waals surface area contributed by atoms with Gasteiger partial charge in [0.2, 0.25) is 5.91 Å². The Bertz CT molecular complexity index is 930. The number of rotatable bonds is 5. The minimum absolute atomic E-state index is 0.0827. The Morgan fingerprint density at radius 3 is 3.04 bits per heavy atom. The Morgan fingerprint density at radius 1 is 1.42 bits per heavy atom. The van der Waals surface area contributed by atoms with Crippen molar-refractivity contribution in [3.05, 3.63) is 51.7 Å². The monoisotopic (exact) mass is 363 g/mol. The van der Waals surface area contributed by atoms with Crippen LogP contribution in [0.5, 0.6) is 0 Å². The Hall–Kier alpha value is -2.65. The van der Waals surface area contributed by atoms with Gasteiger partial charge in [0.15, 0.2) is 10.8 Å². The Morgan fingerprint density at radius 2 is 2.25 bits per heavy atom. The van der Waals surface area contributed by atoms with Gasteiger partial charge in [0, 0.05) is 24.0 Å². The average molecular weight is 364 g/mol. The van der Waals surface area contributed by atoms with Crippen molar-refractivity contribution in [1.29, 1.82) is 0 Å². The third-order valence-corrected chi connectivity index (χ3v) is 4.04. The third kappa shape index (κ3) is 3.81. The maximum Gasteiger partial charge on any atom is 0.271 e. The zero-order valence-corrected chi connectivity index (χ0v) is 13.6. The van der Waals surface area contributed by atoms with E-state index in [-0.39, 0.29) is 17.3 Å². The highest BCUT2D eigenvalue weighted by molar-refractivity contribution is 7.99. The Balaban J connectivity index is 1.62. The number of thioether (sulfide) groups is 1. The van der Waals surface area contributed by atoms with Crippen LogP contribution < -0.4 is 5.32 Å². The predicted octanol–water partition coefficient (Wildman–Crippen LogP) is 3.25. The van der Waals surface area contributed by atoms with Crippen molar-refractivity contribution in [2.75, 3.05) is 11.1 Å². The number of aromatic nitrogens is 3. The van der Waals surface area contributed by atoms with E-state index in [0.29, 0.717) is 27.0 Å². The Labute approximate surface area is 144 Å². The molecule has 0 bridgehead atoms. The smallest absolute Gasteiger partial charge is 0.271 e. The van der Waals surface area contributed by atoms with Crippen LogP contribution in [0, 0.1) is 10.1 Å². The molecule has 8 nitrogen and oxygen atoms in total. The maximum atomic E-state index is 12.0. The topological polar surface area (TPSA) is 114 Å². The molecule has 0 fully saturated rings. The number of benzene rings is 1. The van der Waals surface area contributed by atoms with Gasteiger partial charge in [-0.15, -0.1) is 0 Å². The molecule has 2 heterocycles. The molecule has 2 N–H and O–H groups in total. The number of nitro groups is 1. The molecule has 0 radical (unpaired) electrons. The summed E-state index contributed by atoms with van der Waals surface area (Å²) in [6, 6.07) is 7.45. The van der Waals surface area contributed by atoms with E-state index in [4.69, 9.17) is 11.6 Å². The average Bonchev–Trinajstić information content (AvgIpc) is 2.95. The standard InChI is InChI=1S/C14H10ClN5O3S/c15-8-4-11-13(16-6-8)19-14(18-11)24-7-12(21)17-9-2-1-3-10(5-9)20(22)23/h1-6H,7H2,(H,17,21)(H,16,18,19). The second-order valence-corrected chi connectivity index (χ2v) is 6.11. The van der Waals surface area contributed by atoms with E-state index >= 15 is 0 Å². The van der Waals surface area contributed by atoms with Crippen LogP contribution in [0.2, 0.25) is 5.02 Å². The quantitative estimate of drug-likeness (QED) is 0.408. The summed E-state index contributed by atoms with van der Waals surface area (Å²) < 4.78 is 0. The van der Waals surface area contributed by atoms with Crippen LogP contribution in [0.15, 0.2) is 41.7 Å². The van der Waals surface area contributed by atoms with Crippen LogP contribution in [-0.4, -0.2) is 31.5 Å². The lowest BCUT2D eigenvalue weighted by atomic mass is 10.3. The Kier molecular flexibility index (Phi) is 4.63. The number of non-ortho nitro benzene ring substituents is 1. The minimum atomic E-state index is -0.517. The van der Waals surface area contributed by atoms with Crippen LogP contribution in [0.25, 0.3) is 11.2 Å². The van der Waals surface area contributed by atoms with Crippen molar-refractivity contribution in [3.8, 4) is 0 Å². The lowest BCUT2D eigenvalue weighted by Crippen LogP contribution is -2.14. The molecule has 0 unspecified atom stereocenters. The number of halogens is 1. The number of aromatic amines is 1. The highest BCUT2D eigenvalue weighted by Crippen LogP contribution is 2.21. The molecule has 122 valence electrons. The molecule has 3 aromatic rings. The molecule has 0 atom stereocenters. The highest BCUT2D eigenvalue weighted by Gasteiger charge is 2.10. The summed E-state index contributed by atoms with van der Waals surface area (Å²) in [5.41, 5.74) is 1.48. The van der Waals surface area contributed by atoms with Crippen molar-refractivity contribution in [2.45, 2.75) is 5.16 Å². The van der Waals surface area contributed by atoms with Crippen LogP contribution in [0.1, 0.15) is 0 Å². The molecule has 2 aromatic heterocycles. The van der Waals surface area contributed by atoms with Crippen molar-refractivity contribution in [3.63, 3.8) is 0 Å². The van der Waals surface area contributed by atoms with E-state index in [1.54, 1.807) is 12.1 Å². The first-order chi connectivity index (χ1) is 11.5.